The van der Waals surface area contributed by atoms with E-state index in [1.807, 2.05) is 14.0 Å². The average Bonchev–Trinajstić information content (AvgIpc) is 2.04. The molecule has 0 heterocycles. The largest absolute Gasteiger partial charge is 0.380 e. The maximum absolute atomic E-state index is 10.7. The Morgan fingerprint density at radius 3 is 2.58 bits per heavy atom. The van der Waals surface area contributed by atoms with Crippen molar-refractivity contribution in [3.8, 4) is 0 Å². The third-order valence-electron chi connectivity index (χ3n) is 1.78. The van der Waals surface area contributed by atoms with Gasteiger partial charge in [-0.3, -0.25) is 4.79 Å². The van der Waals surface area contributed by atoms with E-state index in [-0.39, 0.29) is 17.3 Å². The van der Waals surface area contributed by atoms with Crippen LogP contribution in [0.4, 0.5) is 0 Å². The van der Waals surface area contributed by atoms with Crippen molar-refractivity contribution in [2.45, 2.75) is 26.0 Å². The van der Waals surface area contributed by atoms with Gasteiger partial charge in [0.1, 0.15) is 0 Å². The summed E-state index contributed by atoms with van der Waals surface area (Å²) in [5, 5.41) is 3.26. The SMILES string of the molecule is CN[C@H](CSC(C)=O)[C@@H](C)OC. The molecule has 0 rings (SSSR count). The Labute approximate surface area is 78.2 Å². The lowest BCUT2D eigenvalue weighted by Crippen LogP contribution is -2.39. The van der Waals surface area contributed by atoms with Gasteiger partial charge in [0.05, 0.1) is 6.10 Å². The molecule has 0 bridgehead atoms. The molecule has 2 atom stereocenters. The zero-order valence-corrected chi connectivity index (χ0v) is 8.90. The van der Waals surface area contributed by atoms with Crippen LogP contribution in [0.5, 0.6) is 0 Å². The van der Waals surface area contributed by atoms with Crippen LogP contribution in [0, 0.1) is 0 Å². The number of hydrogen-bond donors (Lipinski definition) is 1. The zero-order valence-electron chi connectivity index (χ0n) is 8.09. The van der Waals surface area contributed by atoms with E-state index < -0.39 is 0 Å². The minimum atomic E-state index is 0.141. The fourth-order valence-corrected chi connectivity index (χ4v) is 1.68. The van der Waals surface area contributed by atoms with Crippen LogP contribution in [0.1, 0.15) is 13.8 Å². The number of methoxy groups -OCH3 is 1. The number of likely N-dealkylation sites (N-methyl/N-ethyl adjacent to an activating group) is 1. The number of hydrogen-bond acceptors (Lipinski definition) is 4. The lowest BCUT2D eigenvalue weighted by Gasteiger charge is -2.21. The molecule has 0 saturated carbocycles. The van der Waals surface area contributed by atoms with Gasteiger partial charge in [-0.05, 0) is 14.0 Å². The first-order chi connectivity index (χ1) is 5.61. The first kappa shape index (κ1) is 11.9. The molecule has 0 spiro atoms. The minimum Gasteiger partial charge on any atom is -0.380 e. The van der Waals surface area contributed by atoms with Crippen molar-refractivity contribution in [3.63, 3.8) is 0 Å². The monoisotopic (exact) mass is 191 g/mol. The summed E-state index contributed by atoms with van der Waals surface area (Å²) in [6.45, 7) is 3.57. The van der Waals surface area contributed by atoms with Gasteiger partial charge in [0.25, 0.3) is 0 Å². The molecule has 0 aromatic heterocycles. The summed E-state index contributed by atoms with van der Waals surface area (Å²) in [4.78, 5) is 10.7. The second kappa shape index (κ2) is 6.46. The van der Waals surface area contributed by atoms with E-state index >= 15 is 0 Å². The Kier molecular flexibility index (Phi) is 6.42. The predicted octanol–water partition coefficient (Wildman–Crippen LogP) is 0.889. The molecule has 0 radical (unpaired) electrons. The average molecular weight is 191 g/mol. The Bertz CT molecular complexity index is 141. The maximum atomic E-state index is 10.7. The Morgan fingerprint density at radius 2 is 2.25 bits per heavy atom. The summed E-state index contributed by atoms with van der Waals surface area (Å²) in [7, 11) is 3.55. The summed E-state index contributed by atoms with van der Waals surface area (Å²) >= 11 is 1.33. The molecule has 0 aromatic carbocycles. The molecule has 1 N–H and O–H groups in total. The van der Waals surface area contributed by atoms with E-state index in [2.05, 4.69) is 5.32 Å². The maximum Gasteiger partial charge on any atom is 0.185 e. The minimum absolute atomic E-state index is 0.141. The molecule has 0 saturated heterocycles. The van der Waals surface area contributed by atoms with E-state index in [0.29, 0.717) is 0 Å². The van der Waals surface area contributed by atoms with Gasteiger partial charge in [-0.25, -0.2) is 0 Å². The third-order valence-corrected chi connectivity index (χ3v) is 2.71. The first-order valence-electron chi connectivity index (χ1n) is 3.95. The summed E-state index contributed by atoms with van der Waals surface area (Å²) in [6.07, 6.45) is 0.141. The number of carbonyl (C=O) groups is 1. The highest BCUT2D eigenvalue weighted by molar-refractivity contribution is 8.13. The lowest BCUT2D eigenvalue weighted by atomic mass is 10.2. The van der Waals surface area contributed by atoms with Crippen molar-refractivity contribution in [2.24, 2.45) is 0 Å². The molecule has 4 heteroatoms. The van der Waals surface area contributed by atoms with E-state index in [9.17, 15) is 4.79 Å². The smallest absolute Gasteiger partial charge is 0.185 e. The topological polar surface area (TPSA) is 38.3 Å². The second-order valence-corrected chi connectivity index (χ2v) is 3.84. The van der Waals surface area contributed by atoms with E-state index in [1.165, 1.54) is 11.8 Å². The third kappa shape index (κ3) is 4.74. The van der Waals surface area contributed by atoms with Crippen molar-refractivity contribution in [1.29, 1.82) is 0 Å². The predicted molar refractivity (Wildman–Crippen MR) is 52.5 cm³/mol. The van der Waals surface area contributed by atoms with Gasteiger partial charge in [0.2, 0.25) is 0 Å². The summed E-state index contributed by atoms with van der Waals surface area (Å²) < 4.78 is 5.15. The van der Waals surface area contributed by atoms with Crippen molar-refractivity contribution in [1.82, 2.24) is 5.32 Å². The highest BCUT2D eigenvalue weighted by atomic mass is 32.2. The zero-order chi connectivity index (χ0) is 9.56. The van der Waals surface area contributed by atoms with E-state index in [4.69, 9.17) is 4.74 Å². The fourth-order valence-electron chi connectivity index (χ4n) is 0.825. The van der Waals surface area contributed by atoms with E-state index in [0.717, 1.165) is 5.75 Å². The van der Waals surface area contributed by atoms with Crippen LogP contribution in [-0.2, 0) is 9.53 Å². The van der Waals surface area contributed by atoms with Crippen LogP contribution in [0.3, 0.4) is 0 Å². The fraction of sp³-hybridized carbons (Fsp3) is 0.875. The number of thioether (sulfide) groups is 1. The van der Waals surface area contributed by atoms with Crippen LogP contribution >= 0.6 is 11.8 Å². The Morgan fingerprint density at radius 1 is 1.67 bits per heavy atom. The van der Waals surface area contributed by atoms with Gasteiger partial charge in [0.15, 0.2) is 5.12 Å². The van der Waals surface area contributed by atoms with Gasteiger partial charge in [-0.1, -0.05) is 11.8 Å². The van der Waals surface area contributed by atoms with Crippen molar-refractivity contribution in [3.05, 3.63) is 0 Å². The molecule has 0 fully saturated rings. The lowest BCUT2D eigenvalue weighted by molar-refractivity contribution is -0.109. The molecular weight excluding hydrogens is 174 g/mol. The quantitative estimate of drug-likeness (QED) is 0.700. The molecule has 0 aromatic rings. The van der Waals surface area contributed by atoms with Crippen molar-refractivity contribution >= 4 is 16.9 Å². The summed E-state index contributed by atoms with van der Waals surface area (Å²) in [5.74, 6) is 0.765. The van der Waals surface area contributed by atoms with Gasteiger partial charge in [0, 0.05) is 25.8 Å². The first-order valence-corrected chi connectivity index (χ1v) is 4.93. The van der Waals surface area contributed by atoms with E-state index in [1.54, 1.807) is 14.0 Å². The van der Waals surface area contributed by atoms with Crippen LogP contribution in [-0.4, -0.2) is 37.2 Å². The molecule has 12 heavy (non-hydrogen) atoms. The van der Waals surface area contributed by atoms with Gasteiger partial charge in [-0.15, -0.1) is 0 Å². The standard InChI is InChI=1S/C8H17NO2S/c1-6(11-4)8(9-3)5-12-7(2)10/h6,8-9H,5H2,1-4H3/t6-,8-/m1/s1. The highest BCUT2D eigenvalue weighted by Gasteiger charge is 2.14. The molecular formula is C8H17NO2S. The normalized spacial score (nSPS) is 15.7. The van der Waals surface area contributed by atoms with Crippen molar-refractivity contribution in [2.75, 3.05) is 19.9 Å². The molecule has 0 unspecified atom stereocenters. The Hall–Kier alpha value is -0.0600. The number of carbonyl (C=O) groups excluding carboxylic acids is 1. The molecule has 0 aliphatic carbocycles. The van der Waals surface area contributed by atoms with Crippen LogP contribution in [0.2, 0.25) is 0 Å². The molecule has 0 aliphatic heterocycles. The molecule has 0 amide bonds. The number of ether oxygens (including phenoxy) is 1. The Balaban J connectivity index is 3.74. The molecule has 72 valence electrons. The highest BCUT2D eigenvalue weighted by Crippen LogP contribution is 2.07. The van der Waals surface area contributed by atoms with Gasteiger partial charge in [-0.2, -0.15) is 0 Å². The number of nitrogens with one attached hydrogen (secondary N) is 1. The van der Waals surface area contributed by atoms with Crippen LogP contribution in [0.25, 0.3) is 0 Å². The summed E-state index contributed by atoms with van der Waals surface area (Å²) in [5.41, 5.74) is 0. The molecule has 3 nitrogen and oxygen atoms in total. The summed E-state index contributed by atoms with van der Waals surface area (Å²) in [6, 6.07) is 0.240. The van der Waals surface area contributed by atoms with Gasteiger partial charge >= 0.3 is 0 Å². The van der Waals surface area contributed by atoms with Crippen LogP contribution in [0.15, 0.2) is 0 Å². The van der Waals surface area contributed by atoms with Crippen molar-refractivity contribution < 1.29 is 9.53 Å². The number of rotatable bonds is 5. The van der Waals surface area contributed by atoms with Crippen LogP contribution < -0.4 is 5.32 Å². The second-order valence-electron chi connectivity index (χ2n) is 2.64. The van der Waals surface area contributed by atoms with Gasteiger partial charge < -0.3 is 10.1 Å². The molecule has 0 aliphatic rings.